The van der Waals surface area contributed by atoms with E-state index < -0.39 is 0 Å². The van der Waals surface area contributed by atoms with Gasteiger partial charge < -0.3 is 10.5 Å². The molecule has 2 aromatic carbocycles. The van der Waals surface area contributed by atoms with Gasteiger partial charge in [0.1, 0.15) is 5.75 Å². The van der Waals surface area contributed by atoms with E-state index in [2.05, 4.69) is 24.3 Å². The van der Waals surface area contributed by atoms with Crippen molar-refractivity contribution in [3.05, 3.63) is 42.0 Å². The number of hydrogen-bond donors (Lipinski definition) is 1. The lowest BCUT2D eigenvalue weighted by Crippen LogP contribution is -2.04. The molecule has 0 amide bonds. The molecule has 0 spiro atoms. The zero-order valence-electron chi connectivity index (χ0n) is 10.9. The Hall–Kier alpha value is -2.05. The SMILES string of the molecule is N#CCCCCOc1ccc2ccccc2c1CN. The largest absolute Gasteiger partial charge is 0.493 e. The Bertz CT molecular complexity index is 587. The van der Waals surface area contributed by atoms with Gasteiger partial charge in [0.2, 0.25) is 0 Å². The Morgan fingerprint density at radius 3 is 2.74 bits per heavy atom. The van der Waals surface area contributed by atoms with Crippen molar-refractivity contribution in [1.29, 1.82) is 5.26 Å². The molecule has 0 unspecified atom stereocenters. The van der Waals surface area contributed by atoms with Crippen molar-refractivity contribution in [2.24, 2.45) is 5.73 Å². The molecular formula is C16H18N2O. The Labute approximate surface area is 113 Å². The quantitative estimate of drug-likeness (QED) is 0.804. The van der Waals surface area contributed by atoms with Gasteiger partial charge in [-0.3, -0.25) is 0 Å². The molecule has 98 valence electrons. The molecule has 0 saturated heterocycles. The molecule has 0 aromatic heterocycles. The average molecular weight is 254 g/mol. The highest BCUT2D eigenvalue weighted by atomic mass is 16.5. The first-order valence-corrected chi connectivity index (χ1v) is 6.57. The van der Waals surface area contributed by atoms with Gasteiger partial charge in [-0.2, -0.15) is 5.26 Å². The monoisotopic (exact) mass is 254 g/mol. The smallest absolute Gasteiger partial charge is 0.124 e. The predicted molar refractivity (Wildman–Crippen MR) is 76.8 cm³/mol. The van der Waals surface area contributed by atoms with Crippen LogP contribution in [0, 0.1) is 11.3 Å². The van der Waals surface area contributed by atoms with E-state index in [4.69, 9.17) is 15.7 Å². The van der Waals surface area contributed by atoms with E-state index in [-0.39, 0.29) is 0 Å². The van der Waals surface area contributed by atoms with Gasteiger partial charge in [-0.1, -0.05) is 30.3 Å². The van der Waals surface area contributed by atoms with Crippen molar-refractivity contribution >= 4 is 10.8 Å². The molecule has 0 aliphatic rings. The van der Waals surface area contributed by atoms with Crippen LogP contribution in [0.5, 0.6) is 5.75 Å². The van der Waals surface area contributed by atoms with Crippen molar-refractivity contribution in [2.75, 3.05) is 6.61 Å². The third kappa shape index (κ3) is 3.24. The minimum atomic E-state index is 0.467. The van der Waals surface area contributed by atoms with Gasteiger partial charge in [-0.05, 0) is 29.7 Å². The number of nitrogens with zero attached hydrogens (tertiary/aromatic N) is 1. The molecule has 2 rings (SSSR count). The van der Waals surface area contributed by atoms with Crippen molar-refractivity contribution in [1.82, 2.24) is 0 Å². The molecular weight excluding hydrogens is 236 g/mol. The van der Waals surface area contributed by atoms with Crippen molar-refractivity contribution in [3.8, 4) is 11.8 Å². The van der Waals surface area contributed by atoms with Crippen LogP contribution in [0.15, 0.2) is 36.4 Å². The number of hydrogen-bond acceptors (Lipinski definition) is 3. The fourth-order valence-corrected chi connectivity index (χ4v) is 2.15. The second kappa shape index (κ2) is 6.77. The number of fused-ring (bicyclic) bond motifs is 1. The van der Waals surface area contributed by atoms with Crippen LogP contribution in [0.3, 0.4) is 0 Å². The van der Waals surface area contributed by atoms with Gasteiger partial charge >= 0.3 is 0 Å². The van der Waals surface area contributed by atoms with E-state index in [0.29, 0.717) is 19.6 Å². The molecule has 0 fully saturated rings. The lowest BCUT2D eigenvalue weighted by Gasteiger charge is -2.12. The second-order valence-electron chi connectivity index (χ2n) is 4.43. The Kier molecular flexibility index (Phi) is 4.77. The molecule has 19 heavy (non-hydrogen) atoms. The van der Waals surface area contributed by atoms with Gasteiger partial charge in [0.25, 0.3) is 0 Å². The molecule has 0 heterocycles. The highest BCUT2D eigenvalue weighted by Gasteiger charge is 2.06. The van der Waals surface area contributed by atoms with E-state index in [0.717, 1.165) is 29.5 Å². The summed E-state index contributed by atoms with van der Waals surface area (Å²) in [5.41, 5.74) is 6.90. The van der Waals surface area contributed by atoms with Crippen LogP contribution in [-0.2, 0) is 6.54 Å². The van der Waals surface area contributed by atoms with Crippen molar-refractivity contribution in [2.45, 2.75) is 25.8 Å². The fraction of sp³-hybridized carbons (Fsp3) is 0.312. The summed E-state index contributed by atoms with van der Waals surface area (Å²) >= 11 is 0. The third-order valence-corrected chi connectivity index (χ3v) is 3.14. The third-order valence-electron chi connectivity index (χ3n) is 3.14. The molecule has 0 aliphatic carbocycles. The highest BCUT2D eigenvalue weighted by Crippen LogP contribution is 2.27. The first kappa shape index (κ1) is 13.4. The van der Waals surface area contributed by atoms with Crippen LogP contribution >= 0.6 is 0 Å². The Balaban J connectivity index is 2.12. The van der Waals surface area contributed by atoms with E-state index in [1.807, 2.05) is 18.2 Å². The van der Waals surface area contributed by atoms with Crippen LogP contribution in [0.1, 0.15) is 24.8 Å². The van der Waals surface area contributed by atoms with Gasteiger partial charge in [-0.25, -0.2) is 0 Å². The van der Waals surface area contributed by atoms with E-state index >= 15 is 0 Å². The van der Waals surface area contributed by atoms with Crippen molar-refractivity contribution in [3.63, 3.8) is 0 Å². The zero-order chi connectivity index (χ0) is 13.5. The van der Waals surface area contributed by atoms with Crippen LogP contribution < -0.4 is 10.5 Å². The lowest BCUT2D eigenvalue weighted by atomic mass is 10.0. The molecule has 0 aliphatic heterocycles. The number of rotatable bonds is 6. The summed E-state index contributed by atoms with van der Waals surface area (Å²) in [7, 11) is 0. The first-order chi connectivity index (χ1) is 9.36. The van der Waals surface area contributed by atoms with Gasteiger partial charge in [-0.15, -0.1) is 0 Å². The number of nitrogens with two attached hydrogens (primary N) is 1. The highest BCUT2D eigenvalue weighted by molar-refractivity contribution is 5.87. The maximum Gasteiger partial charge on any atom is 0.124 e. The summed E-state index contributed by atoms with van der Waals surface area (Å²) in [4.78, 5) is 0. The normalized spacial score (nSPS) is 10.3. The molecule has 3 heteroatoms. The fourth-order valence-electron chi connectivity index (χ4n) is 2.15. The first-order valence-electron chi connectivity index (χ1n) is 6.57. The van der Waals surface area contributed by atoms with Crippen LogP contribution in [0.2, 0.25) is 0 Å². The minimum absolute atomic E-state index is 0.467. The molecule has 0 bridgehead atoms. The summed E-state index contributed by atoms with van der Waals surface area (Å²) in [6, 6.07) is 14.3. The molecule has 0 atom stereocenters. The molecule has 2 aromatic rings. The topological polar surface area (TPSA) is 59.0 Å². The van der Waals surface area contributed by atoms with Crippen molar-refractivity contribution < 1.29 is 4.74 Å². The number of nitriles is 1. The van der Waals surface area contributed by atoms with Crippen LogP contribution in [0.4, 0.5) is 0 Å². The Morgan fingerprint density at radius 2 is 1.95 bits per heavy atom. The number of benzene rings is 2. The zero-order valence-corrected chi connectivity index (χ0v) is 10.9. The second-order valence-corrected chi connectivity index (χ2v) is 4.43. The summed E-state index contributed by atoms with van der Waals surface area (Å²) in [6.07, 6.45) is 2.36. The van der Waals surface area contributed by atoms with Gasteiger partial charge in [0, 0.05) is 18.5 Å². The van der Waals surface area contributed by atoms with E-state index in [1.54, 1.807) is 0 Å². The molecule has 2 N–H and O–H groups in total. The Morgan fingerprint density at radius 1 is 1.11 bits per heavy atom. The van der Waals surface area contributed by atoms with Crippen LogP contribution in [-0.4, -0.2) is 6.61 Å². The van der Waals surface area contributed by atoms with Gasteiger partial charge in [0.15, 0.2) is 0 Å². The molecule has 0 saturated carbocycles. The van der Waals surface area contributed by atoms with Gasteiger partial charge in [0.05, 0.1) is 12.7 Å². The minimum Gasteiger partial charge on any atom is -0.493 e. The van der Waals surface area contributed by atoms with E-state index in [9.17, 15) is 0 Å². The average Bonchev–Trinajstić information content (AvgIpc) is 2.46. The lowest BCUT2D eigenvalue weighted by molar-refractivity contribution is 0.305. The predicted octanol–water partition coefficient (Wildman–Crippen LogP) is 3.37. The summed E-state index contributed by atoms with van der Waals surface area (Å²) in [5.74, 6) is 0.859. The van der Waals surface area contributed by atoms with E-state index in [1.165, 1.54) is 5.39 Å². The molecule has 0 radical (unpaired) electrons. The van der Waals surface area contributed by atoms with Crippen LogP contribution in [0.25, 0.3) is 10.8 Å². The summed E-state index contributed by atoms with van der Waals surface area (Å²) in [5, 5.41) is 10.8. The molecule has 3 nitrogen and oxygen atoms in total. The maximum absolute atomic E-state index is 8.48. The summed E-state index contributed by atoms with van der Waals surface area (Å²) in [6.45, 7) is 1.10. The number of ether oxygens (including phenoxy) is 1. The maximum atomic E-state index is 8.48. The standard InChI is InChI=1S/C16H18N2O/c17-10-4-1-5-11-19-16-9-8-13-6-2-3-7-14(13)15(16)12-18/h2-3,6-9H,1,4-5,11-12,18H2. The summed E-state index contributed by atoms with van der Waals surface area (Å²) < 4.78 is 5.79. The number of unbranched alkanes of at least 4 members (excludes halogenated alkanes) is 2.